The van der Waals surface area contributed by atoms with Gasteiger partial charge >= 0.3 is 0 Å². The van der Waals surface area contributed by atoms with Crippen LogP contribution >= 0.6 is 28.1 Å². The van der Waals surface area contributed by atoms with Crippen LogP contribution in [0.5, 0.6) is 0 Å². The van der Waals surface area contributed by atoms with Gasteiger partial charge in [-0.1, -0.05) is 12.2 Å². The van der Waals surface area contributed by atoms with E-state index < -0.39 is 11.7 Å². The maximum Gasteiger partial charge on any atom is 0.256 e. The molecule has 2 aromatic rings. The van der Waals surface area contributed by atoms with Crippen LogP contribution in [0.4, 0.5) is 10.1 Å². The second-order valence-electron chi connectivity index (χ2n) is 4.02. The van der Waals surface area contributed by atoms with Crippen molar-refractivity contribution in [2.75, 3.05) is 5.32 Å². The molecule has 0 atom stereocenters. The number of nitrogens with two attached hydrogens (primary N) is 1. The van der Waals surface area contributed by atoms with Crippen LogP contribution < -0.4 is 11.1 Å². The number of anilines is 1. The van der Waals surface area contributed by atoms with Gasteiger partial charge in [0.2, 0.25) is 0 Å². The van der Waals surface area contributed by atoms with Crippen LogP contribution in [0.2, 0.25) is 0 Å². The second kappa shape index (κ2) is 6.11. The second-order valence-corrected chi connectivity index (χ2v) is 5.31. The quantitative estimate of drug-likeness (QED) is 0.831. The monoisotopic (exact) mass is 352 g/mol. The third kappa shape index (κ3) is 3.40. The molecule has 0 unspecified atom stereocenters. The fraction of sp³-hybridized carbons (Fsp3) is 0. The molecule has 0 aliphatic heterocycles. The van der Waals surface area contributed by atoms with E-state index in [1.807, 2.05) is 0 Å². The average Bonchev–Trinajstić information content (AvgIpc) is 2.42. The largest absolute Gasteiger partial charge is 0.389 e. The minimum Gasteiger partial charge on any atom is -0.389 e. The van der Waals surface area contributed by atoms with Gasteiger partial charge in [0, 0.05) is 15.7 Å². The maximum absolute atomic E-state index is 13.2. The lowest BCUT2D eigenvalue weighted by atomic mass is 10.2. The van der Waals surface area contributed by atoms with Gasteiger partial charge in [-0.15, -0.1) is 0 Å². The predicted molar refractivity (Wildman–Crippen MR) is 84.4 cm³/mol. The molecule has 0 saturated carbocycles. The van der Waals surface area contributed by atoms with Crippen molar-refractivity contribution in [2.24, 2.45) is 5.73 Å². The highest BCUT2D eigenvalue weighted by Crippen LogP contribution is 2.19. The van der Waals surface area contributed by atoms with E-state index in [1.54, 1.807) is 24.3 Å². The summed E-state index contributed by atoms with van der Waals surface area (Å²) in [5, 5.41) is 2.67. The van der Waals surface area contributed by atoms with Crippen molar-refractivity contribution < 1.29 is 9.18 Å². The van der Waals surface area contributed by atoms with Crippen molar-refractivity contribution in [1.82, 2.24) is 0 Å². The standard InChI is InChI=1S/C14H10BrFN2OS/c15-12-6-3-9(16)7-11(12)14(19)18-10-4-1-8(2-5-10)13(17)20/h1-7H,(H2,17,20)(H,18,19). The third-order valence-electron chi connectivity index (χ3n) is 2.60. The summed E-state index contributed by atoms with van der Waals surface area (Å²) in [6, 6.07) is 10.7. The van der Waals surface area contributed by atoms with Crippen LogP contribution in [-0.4, -0.2) is 10.9 Å². The zero-order valence-electron chi connectivity index (χ0n) is 10.2. The summed E-state index contributed by atoms with van der Waals surface area (Å²) < 4.78 is 13.7. The van der Waals surface area contributed by atoms with E-state index in [0.717, 1.165) is 0 Å². The zero-order valence-corrected chi connectivity index (χ0v) is 12.6. The fourth-order valence-electron chi connectivity index (χ4n) is 1.59. The minimum atomic E-state index is -0.470. The molecule has 0 bridgehead atoms. The first-order chi connectivity index (χ1) is 9.47. The van der Waals surface area contributed by atoms with E-state index in [4.69, 9.17) is 18.0 Å². The molecule has 20 heavy (non-hydrogen) atoms. The summed E-state index contributed by atoms with van der Waals surface area (Å²) in [6.07, 6.45) is 0. The molecule has 0 spiro atoms. The van der Waals surface area contributed by atoms with Gasteiger partial charge in [-0.25, -0.2) is 4.39 Å². The van der Waals surface area contributed by atoms with E-state index in [9.17, 15) is 9.18 Å². The Morgan fingerprint density at radius 2 is 1.85 bits per heavy atom. The first kappa shape index (κ1) is 14.6. The van der Waals surface area contributed by atoms with Gasteiger partial charge in [-0.05, 0) is 58.4 Å². The topological polar surface area (TPSA) is 55.1 Å². The lowest BCUT2D eigenvalue weighted by Gasteiger charge is -2.07. The van der Waals surface area contributed by atoms with Gasteiger partial charge < -0.3 is 11.1 Å². The molecule has 0 aromatic heterocycles. The number of benzene rings is 2. The molecule has 0 aliphatic carbocycles. The van der Waals surface area contributed by atoms with Crippen molar-refractivity contribution in [3.63, 3.8) is 0 Å². The molecule has 2 aromatic carbocycles. The Balaban J connectivity index is 2.19. The Bertz CT molecular complexity index is 673. The predicted octanol–water partition coefficient (Wildman–Crippen LogP) is 3.47. The summed E-state index contributed by atoms with van der Waals surface area (Å²) in [7, 11) is 0. The Kier molecular flexibility index (Phi) is 4.46. The van der Waals surface area contributed by atoms with Crippen LogP contribution in [0.15, 0.2) is 46.9 Å². The van der Waals surface area contributed by atoms with Crippen LogP contribution in [0.3, 0.4) is 0 Å². The van der Waals surface area contributed by atoms with Gasteiger partial charge in [0.1, 0.15) is 10.8 Å². The van der Waals surface area contributed by atoms with Gasteiger partial charge in [0.15, 0.2) is 0 Å². The zero-order chi connectivity index (χ0) is 14.7. The van der Waals surface area contributed by atoms with Crippen molar-refractivity contribution in [3.05, 3.63) is 63.9 Å². The Hall–Kier alpha value is -1.79. The van der Waals surface area contributed by atoms with Crippen LogP contribution in [0.1, 0.15) is 15.9 Å². The molecular formula is C14H10BrFN2OS. The van der Waals surface area contributed by atoms with Crippen molar-refractivity contribution in [2.45, 2.75) is 0 Å². The number of carbonyl (C=O) groups excluding carboxylic acids is 1. The fourth-order valence-corrected chi connectivity index (χ4v) is 2.15. The van der Waals surface area contributed by atoms with E-state index in [2.05, 4.69) is 21.2 Å². The highest BCUT2D eigenvalue weighted by Gasteiger charge is 2.11. The van der Waals surface area contributed by atoms with Gasteiger partial charge in [-0.3, -0.25) is 4.79 Å². The van der Waals surface area contributed by atoms with Crippen LogP contribution in [-0.2, 0) is 0 Å². The highest BCUT2D eigenvalue weighted by atomic mass is 79.9. The molecule has 6 heteroatoms. The Morgan fingerprint density at radius 3 is 2.45 bits per heavy atom. The smallest absolute Gasteiger partial charge is 0.256 e. The first-order valence-corrected chi connectivity index (χ1v) is 6.84. The summed E-state index contributed by atoms with van der Waals surface area (Å²) >= 11 is 8.06. The molecule has 3 nitrogen and oxygen atoms in total. The van der Waals surface area contributed by atoms with Crippen LogP contribution in [0.25, 0.3) is 0 Å². The van der Waals surface area contributed by atoms with E-state index in [0.29, 0.717) is 15.7 Å². The minimum absolute atomic E-state index is 0.225. The third-order valence-corrected chi connectivity index (χ3v) is 3.53. The number of hydrogen-bond donors (Lipinski definition) is 2. The molecule has 0 heterocycles. The Morgan fingerprint density at radius 1 is 1.20 bits per heavy atom. The SMILES string of the molecule is NC(=S)c1ccc(NC(=O)c2cc(F)ccc2Br)cc1. The molecule has 0 fully saturated rings. The first-order valence-electron chi connectivity index (χ1n) is 5.63. The molecule has 0 saturated heterocycles. The number of halogens is 2. The summed E-state index contributed by atoms with van der Waals surface area (Å²) in [4.78, 5) is 12.3. The number of nitrogens with one attached hydrogen (secondary N) is 1. The lowest BCUT2D eigenvalue weighted by Crippen LogP contribution is -2.13. The van der Waals surface area contributed by atoms with Gasteiger partial charge in [0.25, 0.3) is 5.91 Å². The Labute approximate surface area is 129 Å². The summed E-state index contributed by atoms with van der Waals surface area (Å²) in [5.74, 6) is -0.873. The van der Waals surface area contributed by atoms with Crippen molar-refractivity contribution in [3.8, 4) is 0 Å². The lowest BCUT2D eigenvalue weighted by molar-refractivity contribution is 0.102. The van der Waals surface area contributed by atoms with Gasteiger partial charge in [-0.2, -0.15) is 0 Å². The number of amides is 1. The molecular weight excluding hydrogens is 343 g/mol. The summed E-state index contributed by atoms with van der Waals surface area (Å²) in [6.45, 7) is 0. The molecule has 3 N–H and O–H groups in total. The molecule has 1 amide bonds. The molecule has 2 rings (SSSR count). The maximum atomic E-state index is 13.2. The van der Waals surface area contributed by atoms with E-state index in [-0.39, 0.29) is 10.6 Å². The van der Waals surface area contributed by atoms with E-state index in [1.165, 1.54) is 18.2 Å². The molecule has 0 radical (unpaired) electrons. The van der Waals surface area contributed by atoms with E-state index >= 15 is 0 Å². The number of hydrogen-bond acceptors (Lipinski definition) is 2. The summed E-state index contributed by atoms with van der Waals surface area (Å²) in [5.41, 5.74) is 7.00. The van der Waals surface area contributed by atoms with Crippen molar-refractivity contribution >= 4 is 44.7 Å². The van der Waals surface area contributed by atoms with Gasteiger partial charge in [0.05, 0.1) is 5.56 Å². The highest BCUT2D eigenvalue weighted by molar-refractivity contribution is 9.10. The number of rotatable bonds is 3. The number of thiocarbonyl (C=S) groups is 1. The molecule has 102 valence electrons. The van der Waals surface area contributed by atoms with Crippen molar-refractivity contribution in [1.29, 1.82) is 0 Å². The number of carbonyl (C=O) groups is 1. The van der Waals surface area contributed by atoms with Crippen LogP contribution in [0, 0.1) is 5.82 Å². The molecule has 0 aliphatic rings. The normalized spacial score (nSPS) is 10.1. The average molecular weight is 353 g/mol.